The van der Waals surface area contributed by atoms with Crippen LogP contribution in [0.15, 0.2) is 59.6 Å². The number of aliphatic imine (C=N–C) groups is 1. The Kier molecular flexibility index (Phi) is 7.26. The number of rotatable bonds is 8. The van der Waals surface area contributed by atoms with Gasteiger partial charge in [-0.3, -0.25) is 4.99 Å². The molecule has 0 spiro atoms. The Hall–Kier alpha value is -2.37. The molecule has 4 N–H and O–H groups in total. The molecule has 0 saturated carbocycles. The van der Waals surface area contributed by atoms with Crippen LogP contribution in [0.3, 0.4) is 0 Å². The number of guanidine groups is 1. The summed E-state index contributed by atoms with van der Waals surface area (Å²) in [6, 6.07) is 17.8. The number of nitrogens with two attached hydrogens (primary N) is 1. The lowest BCUT2D eigenvalue weighted by molar-refractivity contribution is 0.0331. The van der Waals surface area contributed by atoms with Gasteiger partial charge >= 0.3 is 0 Å². The molecule has 128 valence electrons. The van der Waals surface area contributed by atoms with Gasteiger partial charge in [0.05, 0.1) is 25.9 Å². The van der Waals surface area contributed by atoms with Crippen LogP contribution in [-0.4, -0.2) is 30.3 Å². The van der Waals surface area contributed by atoms with E-state index >= 15 is 0 Å². The first-order valence-electron chi connectivity index (χ1n) is 8.13. The number of anilines is 1. The van der Waals surface area contributed by atoms with Gasteiger partial charge in [-0.15, -0.1) is 0 Å². The van der Waals surface area contributed by atoms with Crippen LogP contribution in [-0.2, 0) is 17.8 Å². The summed E-state index contributed by atoms with van der Waals surface area (Å²) < 4.78 is 5.48. The highest BCUT2D eigenvalue weighted by atomic mass is 16.5. The molecule has 2 aromatic carbocycles. The molecule has 1 unspecified atom stereocenters. The maximum absolute atomic E-state index is 9.91. The molecule has 0 fully saturated rings. The molecule has 2 aromatic rings. The lowest BCUT2D eigenvalue weighted by atomic mass is 10.1. The molecular formula is C19H25N3O2. The molecule has 0 bridgehead atoms. The predicted molar refractivity (Wildman–Crippen MR) is 98.0 cm³/mol. The van der Waals surface area contributed by atoms with Crippen LogP contribution in [0.1, 0.15) is 18.1 Å². The van der Waals surface area contributed by atoms with Gasteiger partial charge < -0.3 is 20.9 Å². The molecule has 0 aromatic heterocycles. The molecule has 0 saturated heterocycles. The van der Waals surface area contributed by atoms with Gasteiger partial charge in [-0.1, -0.05) is 49.4 Å². The van der Waals surface area contributed by atoms with Crippen LogP contribution < -0.4 is 11.1 Å². The third-order valence-electron chi connectivity index (χ3n) is 3.50. The Balaban J connectivity index is 1.72. The van der Waals surface area contributed by atoms with Crippen molar-refractivity contribution < 1.29 is 9.84 Å². The Morgan fingerprint density at radius 3 is 2.67 bits per heavy atom. The van der Waals surface area contributed by atoms with E-state index < -0.39 is 6.10 Å². The number of hydrogen-bond acceptors (Lipinski definition) is 3. The fourth-order valence-corrected chi connectivity index (χ4v) is 2.20. The second-order valence-electron chi connectivity index (χ2n) is 5.56. The molecule has 0 radical (unpaired) electrons. The number of aliphatic hydroxyl groups is 1. The SMILES string of the molecule is CCc1cccc(NC(N)=NCC(O)COCc2ccccc2)c1. The minimum absolute atomic E-state index is 0.196. The van der Waals surface area contributed by atoms with E-state index in [9.17, 15) is 5.11 Å². The van der Waals surface area contributed by atoms with Gasteiger partial charge in [0.25, 0.3) is 0 Å². The van der Waals surface area contributed by atoms with Gasteiger partial charge in [0.1, 0.15) is 0 Å². The quantitative estimate of drug-likeness (QED) is 0.514. The maximum atomic E-state index is 9.91. The van der Waals surface area contributed by atoms with E-state index in [-0.39, 0.29) is 19.1 Å². The van der Waals surface area contributed by atoms with Crippen molar-refractivity contribution in [3.05, 3.63) is 65.7 Å². The summed E-state index contributed by atoms with van der Waals surface area (Å²) in [5.41, 5.74) is 9.04. The van der Waals surface area contributed by atoms with Crippen molar-refractivity contribution in [2.45, 2.75) is 26.1 Å². The van der Waals surface area contributed by atoms with E-state index in [2.05, 4.69) is 23.3 Å². The number of nitrogens with zero attached hydrogens (tertiary/aromatic N) is 1. The predicted octanol–water partition coefficient (Wildman–Crippen LogP) is 2.55. The van der Waals surface area contributed by atoms with E-state index in [4.69, 9.17) is 10.5 Å². The minimum Gasteiger partial charge on any atom is -0.389 e. The van der Waals surface area contributed by atoms with E-state index in [0.29, 0.717) is 6.61 Å². The molecule has 24 heavy (non-hydrogen) atoms. The van der Waals surface area contributed by atoms with Gasteiger partial charge in [-0.05, 0) is 29.7 Å². The van der Waals surface area contributed by atoms with Crippen molar-refractivity contribution in [2.75, 3.05) is 18.5 Å². The molecule has 5 heteroatoms. The Bertz CT molecular complexity index is 644. The van der Waals surface area contributed by atoms with E-state index in [1.54, 1.807) is 0 Å². The number of nitrogens with one attached hydrogen (secondary N) is 1. The second-order valence-corrected chi connectivity index (χ2v) is 5.56. The Morgan fingerprint density at radius 2 is 1.92 bits per heavy atom. The highest BCUT2D eigenvalue weighted by Gasteiger charge is 2.04. The van der Waals surface area contributed by atoms with Gasteiger partial charge in [-0.25, -0.2) is 0 Å². The molecule has 0 heterocycles. The fourth-order valence-electron chi connectivity index (χ4n) is 2.20. The van der Waals surface area contributed by atoms with E-state index in [1.807, 2.05) is 48.5 Å². The molecule has 0 aliphatic heterocycles. The smallest absolute Gasteiger partial charge is 0.193 e. The molecule has 0 amide bonds. The first-order chi connectivity index (χ1) is 11.7. The van der Waals surface area contributed by atoms with Gasteiger partial charge in [0.15, 0.2) is 5.96 Å². The molecule has 1 atom stereocenters. The standard InChI is InChI=1S/C19H25N3O2/c1-2-15-9-6-10-17(11-15)22-19(20)21-12-18(23)14-24-13-16-7-4-3-5-8-16/h3-11,18,23H,2,12-14H2,1H3,(H3,20,21,22). The lowest BCUT2D eigenvalue weighted by Gasteiger charge is -2.11. The Labute approximate surface area is 143 Å². The summed E-state index contributed by atoms with van der Waals surface area (Å²) in [4.78, 5) is 4.15. The normalized spacial score (nSPS) is 12.8. The van der Waals surface area contributed by atoms with Crippen LogP contribution >= 0.6 is 0 Å². The minimum atomic E-state index is -0.684. The number of ether oxygens (including phenoxy) is 1. The third-order valence-corrected chi connectivity index (χ3v) is 3.50. The summed E-state index contributed by atoms with van der Waals surface area (Å²) in [6.07, 6.45) is 0.278. The maximum Gasteiger partial charge on any atom is 0.193 e. The summed E-state index contributed by atoms with van der Waals surface area (Å²) >= 11 is 0. The second kappa shape index (κ2) is 9.70. The van der Waals surface area contributed by atoms with Crippen molar-refractivity contribution in [1.82, 2.24) is 0 Å². The van der Waals surface area contributed by atoms with Crippen LogP contribution in [0, 0.1) is 0 Å². The van der Waals surface area contributed by atoms with Gasteiger partial charge in [0, 0.05) is 5.69 Å². The summed E-state index contributed by atoms with van der Waals surface area (Å²) in [7, 11) is 0. The number of aryl methyl sites for hydroxylation is 1. The largest absolute Gasteiger partial charge is 0.389 e. The zero-order valence-corrected chi connectivity index (χ0v) is 14.0. The number of aliphatic hydroxyl groups excluding tert-OH is 1. The monoisotopic (exact) mass is 327 g/mol. The number of hydrogen-bond donors (Lipinski definition) is 3. The Morgan fingerprint density at radius 1 is 1.17 bits per heavy atom. The van der Waals surface area contributed by atoms with Crippen molar-refractivity contribution >= 4 is 11.6 Å². The molecule has 0 aliphatic rings. The summed E-state index contributed by atoms with van der Waals surface area (Å²) in [5, 5.41) is 12.9. The third kappa shape index (κ3) is 6.40. The molecule has 5 nitrogen and oxygen atoms in total. The van der Waals surface area contributed by atoms with Crippen molar-refractivity contribution in [1.29, 1.82) is 0 Å². The molecule has 0 aliphatic carbocycles. The van der Waals surface area contributed by atoms with Gasteiger partial charge in [0.2, 0.25) is 0 Å². The first-order valence-corrected chi connectivity index (χ1v) is 8.13. The van der Waals surface area contributed by atoms with Crippen molar-refractivity contribution in [3.8, 4) is 0 Å². The lowest BCUT2D eigenvalue weighted by Crippen LogP contribution is -2.26. The zero-order chi connectivity index (χ0) is 17.2. The first kappa shape index (κ1) is 18.0. The highest BCUT2D eigenvalue weighted by Crippen LogP contribution is 2.10. The van der Waals surface area contributed by atoms with Crippen molar-refractivity contribution in [2.24, 2.45) is 10.7 Å². The van der Waals surface area contributed by atoms with E-state index in [0.717, 1.165) is 17.7 Å². The van der Waals surface area contributed by atoms with Crippen LogP contribution in [0.4, 0.5) is 5.69 Å². The van der Waals surface area contributed by atoms with Crippen LogP contribution in [0.2, 0.25) is 0 Å². The summed E-state index contributed by atoms with van der Waals surface area (Å²) in [5.74, 6) is 0.283. The number of benzene rings is 2. The van der Waals surface area contributed by atoms with Crippen LogP contribution in [0.5, 0.6) is 0 Å². The average molecular weight is 327 g/mol. The van der Waals surface area contributed by atoms with Crippen molar-refractivity contribution in [3.63, 3.8) is 0 Å². The van der Waals surface area contributed by atoms with Crippen LogP contribution in [0.25, 0.3) is 0 Å². The fraction of sp³-hybridized carbons (Fsp3) is 0.316. The molecule has 2 rings (SSSR count). The average Bonchev–Trinajstić information content (AvgIpc) is 2.61. The summed E-state index contributed by atoms with van der Waals surface area (Å²) in [6.45, 7) is 2.99. The molecular weight excluding hydrogens is 302 g/mol. The highest BCUT2D eigenvalue weighted by molar-refractivity contribution is 5.92. The van der Waals surface area contributed by atoms with Gasteiger partial charge in [-0.2, -0.15) is 0 Å². The van der Waals surface area contributed by atoms with E-state index in [1.165, 1.54) is 5.56 Å². The zero-order valence-electron chi connectivity index (χ0n) is 14.0. The topological polar surface area (TPSA) is 79.9 Å².